The topological polar surface area (TPSA) is 93.4 Å². The van der Waals surface area contributed by atoms with Crippen molar-refractivity contribution in [2.45, 2.75) is 13.1 Å². The highest BCUT2D eigenvalue weighted by molar-refractivity contribution is 5.66. The first kappa shape index (κ1) is 11.0. The van der Waals surface area contributed by atoms with Gasteiger partial charge in [0.25, 0.3) is 0 Å². The Labute approximate surface area is 91.8 Å². The predicted octanol–water partition coefficient (Wildman–Crippen LogP) is -1.41. The molecule has 1 fully saturated rings. The van der Waals surface area contributed by atoms with Crippen molar-refractivity contribution in [3.05, 3.63) is 5.82 Å². The second-order valence-electron chi connectivity index (χ2n) is 3.54. The van der Waals surface area contributed by atoms with Crippen LogP contribution in [0.2, 0.25) is 0 Å². The second kappa shape index (κ2) is 4.99. The zero-order chi connectivity index (χ0) is 11.4. The summed E-state index contributed by atoms with van der Waals surface area (Å²) in [6, 6.07) is 0. The van der Waals surface area contributed by atoms with E-state index in [1.54, 1.807) is 0 Å². The van der Waals surface area contributed by atoms with E-state index in [9.17, 15) is 4.79 Å². The molecule has 0 radical (unpaired) electrons. The zero-order valence-electron chi connectivity index (χ0n) is 8.74. The Morgan fingerprint density at radius 2 is 2.19 bits per heavy atom. The number of carbonyl (C=O) groups is 1. The number of carboxylic acids is 1. The minimum atomic E-state index is -0.949. The molecule has 16 heavy (non-hydrogen) atoms. The van der Waals surface area contributed by atoms with E-state index in [2.05, 4.69) is 20.4 Å². The molecule has 8 heteroatoms. The maximum absolute atomic E-state index is 10.6. The minimum absolute atomic E-state index is 0.202. The third-order valence-corrected chi connectivity index (χ3v) is 2.36. The number of tetrazole rings is 1. The maximum Gasteiger partial charge on any atom is 0.325 e. The Balaban J connectivity index is 1.97. The number of hydrogen-bond acceptors (Lipinski definition) is 6. The van der Waals surface area contributed by atoms with Crippen LogP contribution < -0.4 is 0 Å². The van der Waals surface area contributed by atoms with E-state index in [4.69, 9.17) is 9.84 Å². The molecule has 0 unspecified atom stereocenters. The van der Waals surface area contributed by atoms with Crippen LogP contribution in [0.5, 0.6) is 0 Å². The summed E-state index contributed by atoms with van der Waals surface area (Å²) in [5.74, 6) is -0.375. The van der Waals surface area contributed by atoms with E-state index >= 15 is 0 Å². The largest absolute Gasteiger partial charge is 0.480 e. The molecule has 1 saturated heterocycles. The van der Waals surface area contributed by atoms with Crippen LogP contribution in [-0.2, 0) is 22.6 Å². The highest BCUT2D eigenvalue weighted by Gasteiger charge is 2.15. The monoisotopic (exact) mass is 227 g/mol. The fraction of sp³-hybridized carbons (Fsp3) is 0.750. The summed E-state index contributed by atoms with van der Waals surface area (Å²) in [6.45, 7) is 3.39. The van der Waals surface area contributed by atoms with Gasteiger partial charge < -0.3 is 9.84 Å². The maximum atomic E-state index is 10.6. The molecule has 0 bridgehead atoms. The Morgan fingerprint density at radius 3 is 2.88 bits per heavy atom. The van der Waals surface area contributed by atoms with Gasteiger partial charge in [0.2, 0.25) is 0 Å². The van der Waals surface area contributed by atoms with Crippen molar-refractivity contribution in [2.24, 2.45) is 0 Å². The number of morpholine rings is 1. The molecule has 0 atom stereocenters. The van der Waals surface area contributed by atoms with Gasteiger partial charge in [-0.1, -0.05) is 0 Å². The van der Waals surface area contributed by atoms with Gasteiger partial charge in [-0.25, -0.2) is 4.68 Å². The Hall–Kier alpha value is -1.54. The third kappa shape index (κ3) is 2.74. The van der Waals surface area contributed by atoms with Crippen LogP contribution in [0.4, 0.5) is 0 Å². The summed E-state index contributed by atoms with van der Waals surface area (Å²) < 4.78 is 6.52. The van der Waals surface area contributed by atoms with Crippen LogP contribution in [0.1, 0.15) is 5.82 Å². The molecule has 1 aromatic rings. The highest BCUT2D eigenvalue weighted by Crippen LogP contribution is 2.03. The molecule has 8 nitrogen and oxygen atoms in total. The van der Waals surface area contributed by atoms with Crippen molar-refractivity contribution in [3.63, 3.8) is 0 Å². The fourth-order valence-electron chi connectivity index (χ4n) is 1.55. The van der Waals surface area contributed by atoms with Gasteiger partial charge in [0, 0.05) is 13.1 Å². The molecule has 0 amide bonds. The lowest BCUT2D eigenvalue weighted by Crippen LogP contribution is -2.36. The summed E-state index contributed by atoms with van der Waals surface area (Å²) in [4.78, 5) is 12.7. The normalized spacial score (nSPS) is 17.5. The van der Waals surface area contributed by atoms with Crippen molar-refractivity contribution in [3.8, 4) is 0 Å². The minimum Gasteiger partial charge on any atom is -0.480 e. The zero-order valence-corrected chi connectivity index (χ0v) is 8.74. The molecule has 1 aromatic heterocycles. The molecule has 2 rings (SSSR count). The first-order valence-electron chi connectivity index (χ1n) is 5.02. The SMILES string of the molecule is O=C(O)Cn1nnnc1CN1CCOCC1. The predicted molar refractivity (Wildman–Crippen MR) is 51.5 cm³/mol. The van der Waals surface area contributed by atoms with Gasteiger partial charge in [-0.3, -0.25) is 9.69 Å². The summed E-state index contributed by atoms with van der Waals surface area (Å²) in [6.07, 6.45) is 0. The summed E-state index contributed by atoms with van der Waals surface area (Å²) in [7, 11) is 0. The first-order valence-corrected chi connectivity index (χ1v) is 5.02. The molecule has 0 spiro atoms. The van der Waals surface area contributed by atoms with E-state index in [1.807, 2.05) is 0 Å². The molecular formula is C8H13N5O3. The number of carboxylic acid groups (broad SMARTS) is 1. The number of hydrogen-bond donors (Lipinski definition) is 1. The first-order chi connectivity index (χ1) is 7.75. The standard InChI is InChI=1S/C8H13N5O3/c14-8(15)6-13-7(9-10-11-13)5-12-1-3-16-4-2-12/h1-6H2,(H,14,15). The Kier molecular flexibility index (Phi) is 3.42. The summed E-state index contributed by atoms with van der Waals surface area (Å²) >= 11 is 0. The molecule has 1 aliphatic rings. The second-order valence-corrected chi connectivity index (χ2v) is 3.54. The number of ether oxygens (including phenoxy) is 1. The lowest BCUT2D eigenvalue weighted by atomic mass is 10.4. The van der Waals surface area contributed by atoms with Crippen molar-refractivity contribution in [1.82, 2.24) is 25.1 Å². The molecule has 0 aromatic carbocycles. The van der Waals surface area contributed by atoms with Gasteiger partial charge in [-0.2, -0.15) is 0 Å². The number of aromatic nitrogens is 4. The Morgan fingerprint density at radius 1 is 1.44 bits per heavy atom. The average molecular weight is 227 g/mol. The molecule has 88 valence electrons. The Bertz CT molecular complexity index is 360. The number of rotatable bonds is 4. The van der Waals surface area contributed by atoms with Crippen LogP contribution in [-0.4, -0.2) is 62.5 Å². The quantitative estimate of drug-likeness (QED) is 0.675. The molecule has 1 N–H and O–H groups in total. The average Bonchev–Trinajstić information content (AvgIpc) is 2.66. The van der Waals surface area contributed by atoms with Gasteiger partial charge in [-0.15, -0.1) is 5.10 Å². The molecule has 1 aliphatic heterocycles. The van der Waals surface area contributed by atoms with Crippen molar-refractivity contribution < 1.29 is 14.6 Å². The molecule has 2 heterocycles. The van der Waals surface area contributed by atoms with Crippen molar-refractivity contribution >= 4 is 5.97 Å². The van der Waals surface area contributed by atoms with E-state index in [-0.39, 0.29) is 6.54 Å². The van der Waals surface area contributed by atoms with Gasteiger partial charge >= 0.3 is 5.97 Å². The van der Waals surface area contributed by atoms with Gasteiger partial charge in [0.1, 0.15) is 6.54 Å². The summed E-state index contributed by atoms with van der Waals surface area (Å²) in [5, 5.41) is 19.6. The highest BCUT2D eigenvalue weighted by atomic mass is 16.5. The smallest absolute Gasteiger partial charge is 0.325 e. The van der Waals surface area contributed by atoms with Crippen LogP contribution in [0.15, 0.2) is 0 Å². The van der Waals surface area contributed by atoms with Gasteiger partial charge in [-0.05, 0) is 10.4 Å². The van der Waals surface area contributed by atoms with Gasteiger partial charge in [0.05, 0.1) is 19.8 Å². The van der Waals surface area contributed by atoms with E-state index in [0.29, 0.717) is 25.6 Å². The van der Waals surface area contributed by atoms with Crippen LogP contribution >= 0.6 is 0 Å². The summed E-state index contributed by atoms with van der Waals surface area (Å²) in [5.41, 5.74) is 0. The third-order valence-electron chi connectivity index (χ3n) is 2.36. The number of aliphatic carboxylic acids is 1. The van der Waals surface area contributed by atoms with E-state index in [1.165, 1.54) is 4.68 Å². The fourth-order valence-corrected chi connectivity index (χ4v) is 1.55. The van der Waals surface area contributed by atoms with Crippen LogP contribution in [0.3, 0.4) is 0 Å². The molecule has 0 saturated carbocycles. The molecule has 0 aliphatic carbocycles. The lowest BCUT2D eigenvalue weighted by molar-refractivity contribution is -0.138. The van der Waals surface area contributed by atoms with Crippen molar-refractivity contribution in [1.29, 1.82) is 0 Å². The lowest BCUT2D eigenvalue weighted by Gasteiger charge is -2.25. The van der Waals surface area contributed by atoms with Crippen LogP contribution in [0.25, 0.3) is 0 Å². The van der Waals surface area contributed by atoms with Gasteiger partial charge in [0.15, 0.2) is 5.82 Å². The van der Waals surface area contributed by atoms with Crippen molar-refractivity contribution in [2.75, 3.05) is 26.3 Å². The molecular weight excluding hydrogens is 214 g/mol. The van der Waals surface area contributed by atoms with Crippen LogP contribution in [0, 0.1) is 0 Å². The van der Waals surface area contributed by atoms with E-state index < -0.39 is 5.97 Å². The van der Waals surface area contributed by atoms with E-state index in [0.717, 1.165) is 13.1 Å². The number of nitrogens with zero attached hydrogens (tertiary/aromatic N) is 5.